The van der Waals surface area contributed by atoms with Crippen molar-refractivity contribution in [3.05, 3.63) is 47.8 Å². The second kappa shape index (κ2) is 14.1. The van der Waals surface area contributed by atoms with Crippen molar-refractivity contribution >= 4 is 0 Å². The summed E-state index contributed by atoms with van der Waals surface area (Å²) in [7, 11) is 13.6. The van der Waals surface area contributed by atoms with Gasteiger partial charge in [-0.15, -0.1) is 0 Å². The summed E-state index contributed by atoms with van der Waals surface area (Å²) in [6.07, 6.45) is 1.07. The first-order chi connectivity index (χ1) is 21.8. The molecule has 12 nitrogen and oxygen atoms in total. The molecular formula is C33H44N6O6. The average molecular weight is 621 g/mol. The van der Waals surface area contributed by atoms with Gasteiger partial charge in [-0.2, -0.15) is 10.2 Å². The first kappa shape index (κ1) is 32.0. The van der Waals surface area contributed by atoms with Crippen molar-refractivity contribution in [3.8, 4) is 57.0 Å². The van der Waals surface area contributed by atoms with Gasteiger partial charge in [0.15, 0.2) is 23.0 Å². The zero-order valence-corrected chi connectivity index (χ0v) is 27.5. The smallest absolute Gasteiger partial charge is 0.203 e. The first-order valence-electron chi connectivity index (χ1n) is 14.9. The van der Waals surface area contributed by atoms with Crippen LogP contribution in [0.2, 0.25) is 0 Å². The van der Waals surface area contributed by atoms with E-state index in [1.165, 1.54) is 0 Å². The second-order valence-corrected chi connectivity index (χ2v) is 11.0. The number of aromatic nitrogens is 4. The van der Waals surface area contributed by atoms with Crippen LogP contribution in [0.3, 0.4) is 0 Å². The van der Waals surface area contributed by atoms with Crippen molar-refractivity contribution in [1.29, 1.82) is 0 Å². The molecule has 1 aliphatic heterocycles. The Kier molecular flexibility index (Phi) is 10.0. The molecule has 1 fully saturated rings. The molecular weight excluding hydrogens is 576 g/mol. The lowest BCUT2D eigenvalue weighted by molar-refractivity contribution is 0.243. The second-order valence-electron chi connectivity index (χ2n) is 11.0. The maximum Gasteiger partial charge on any atom is 0.203 e. The number of benzene rings is 2. The van der Waals surface area contributed by atoms with Crippen molar-refractivity contribution in [2.45, 2.75) is 19.5 Å². The molecule has 0 amide bonds. The third-order valence-electron chi connectivity index (χ3n) is 8.23. The number of rotatable bonds is 12. The molecule has 1 saturated heterocycles. The van der Waals surface area contributed by atoms with Gasteiger partial charge in [-0.25, -0.2) is 0 Å². The molecule has 2 aromatic carbocycles. The topological polar surface area (TPSA) is 97.5 Å². The molecule has 0 saturated carbocycles. The van der Waals surface area contributed by atoms with Crippen LogP contribution in [-0.2, 0) is 27.2 Å². The molecule has 0 radical (unpaired) electrons. The molecule has 3 heterocycles. The summed E-state index contributed by atoms with van der Waals surface area (Å²) in [4.78, 5) is 4.95. The molecule has 0 unspecified atom stereocenters. The Morgan fingerprint density at radius 1 is 0.511 bits per heavy atom. The normalized spacial score (nSPS) is 14.2. The lowest BCUT2D eigenvalue weighted by atomic mass is 10.1. The van der Waals surface area contributed by atoms with E-state index in [1.807, 2.05) is 47.7 Å². The van der Waals surface area contributed by atoms with Crippen LogP contribution in [0.4, 0.5) is 0 Å². The molecule has 0 bridgehead atoms. The first-order valence-corrected chi connectivity index (χ1v) is 14.9. The summed E-state index contributed by atoms with van der Waals surface area (Å²) in [6.45, 7) is 5.46. The van der Waals surface area contributed by atoms with Crippen molar-refractivity contribution in [2.24, 2.45) is 14.1 Å². The predicted molar refractivity (Wildman–Crippen MR) is 172 cm³/mol. The third-order valence-corrected chi connectivity index (χ3v) is 8.23. The minimum absolute atomic E-state index is 0.573. The van der Waals surface area contributed by atoms with Gasteiger partial charge in [-0.05, 0) is 55.9 Å². The summed E-state index contributed by atoms with van der Waals surface area (Å²) >= 11 is 0. The molecule has 4 aromatic rings. The fourth-order valence-corrected chi connectivity index (χ4v) is 6.00. The van der Waals surface area contributed by atoms with E-state index in [0.717, 1.165) is 79.6 Å². The molecule has 242 valence electrons. The van der Waals surface area contributed by atoms with E-state index in [0.29, 0.717) is 34.5 Å². The van der Waals surface area contributed by atoms with E-state index in [4.69, 9.17) is 38.6 Å². The van der Waals surface area contributed by atoms with Crippen LogP contribution in [0.5, 0.6) is 34.5 Å². The van der Waals surface area contributed by atoms with E-state index in [1.54, 1.807) is 42.7 Å². The molecule has 12 heteroatoms. The molecule has 2 aromatic heterocycles. The SMILES string of the molecule is COc1cc(-c2cc(CN3CCCN(Cc4cc(-c5cc(OC)c(OC)c(OC)c5)n(C)n4)CC3)nn2C)cc(OC)c1OC. The van der Waals surface area contributed by atoms with E-state index in [2.05, 4.69) is 21.9 Å². The number of hydrogen-bond donors (Lipinski definition) is 0. The Hall–Kier alpha value is -4.42. The minimum atomic E-state index is 0.573. The number of nitrogens with zero attached hydrogens (tertiary/aromatic N) is 6. The van der Waals surface area contributed by atoms with Crippen LogP contribution in [0, 0.1) is 0 Å². The van der Waals surface area contributed by atoms with Gasteiger partial charge in [-0.1, -0.05) is 0 Å². The Morgan fingerprint density at radius 3 is 1.18 bits per heavy atom. The van der Waals surface area contributed by atoms with Gasteiger partial charge in [0, 0.05) is 51.4 Å². The van der Waals surface area contributed by atoms with Crippen molar-refractivity contribution in [2.75, 3.05) is 68.8 Å². The van der Waals surface area contributed by atoms with E-state index >= 15 is 0 Å². The highest BCUT2D eigenvalue weighted by molar-refractivity contribution is 5.70. The summed E-state index contributed by atoms with van der Waals surface area (Å²) in [5.74, 6) is 3.61. The molecule has 45 heavy (non-hydrogen) atoms. The average Bonchev–Trinajstić information content (AvgIpc) is 3.53. The van der Waals surface area contributed by atoms with Gasteiger partial charge in [0.05, 0.1) is 65.4 Å². The van der Waals surface area contributed by atoms with Crippen LogP contribution in [0.1, 0.15) is 17.8 Å². The fraction of sp³-hybridized carbons (Fsp3) is 0.455. The Bertz CT molecular complexity index is 1450. The molecule has 0 atom stereocenters. The van der Waals surface area contributed by atoms with Gasteiger partial charge in [0.2, 0.25) is 11.5 Å². The summed E-state index contributed by atoms with van der Waals surface area (Å²) in [6, 6.07) is 12.1. The number of hydrogen-bond acceptors (Lipinski definition) is 10. The van der Waals surface area contributed by atoms with Crippen LogP contribution < -0.4 is 28.4 Å². The Morgan fingerprint density at radius 2 is 0.867 bits per heavy atom. The van der Waals surface area contributed by atoms with Crippen LogP contribution >= 0.6 is 0 Å². The number of aryl methyl sites for hydroxylation is 2. The minimum Gasteiger partial charge on any atom is -0.493 e. The van der Waals surface area contributed by atoms with Gasteiger partial charge in [0.25, 0.3) is 0 Å². The van der Waals surface area contributed by atoms with Gasteiger partial charge in [-0.3, -0.25) is 19.2 Å². The Labute approximate surface area is 264 Å². The van der Waals surface area contributed by atoms with Crippen LogP contribution in [0.15, 0.2) is 36.4 Å². The monoisotopic (exact) mass is 620 g/mol. The maximum atomic E-state index is 5.57. The lowest BCUT2D eigenvalue weighted by Crippen LogP contribution is -2.30. The zero-order valence-electron chi connectivity index (χ0n) is 27.5. The number of ether oxygens (including phenoxy) is 6. The summed E-state index contributed by atoms with van der Waals surface area (Å²) in [5.41, 5.74) is 5.92. The molecule has 5 rings (SSSR count). The molecule has 1 aliphatic rings. The Balaban J connectivity index is 1.25. The van der Waals surface area contributed by atoms with E-state index in [-0.39, 0.29) is 0 Å². The zero-order chi connectivity index (χ0) is 32.1. The lowest BCUT2D eigenvalue weighted by Gasteiger charge is -2.20. The highest BCUT2D eigenvalue weighted by Crippen LogP contribution is 2.42. The third kappa shape index (κ3) is 6.81. The van der Waals surface area contributed by atoms with Crippen molar-refractivity contribution in [1.82, 2.24) is 29.4 Å². The maximum absolute atomic E-state index is 5.57. The van der Waals surface area contributed by atoms with Crippen molar-refractivity contribution in [3.63, 3.8) is 0 Å². The summed E-state index contributed by atoms with van der Waals surface area (Å²) in [5, 5.41) is 9.68. The van der Waals surface area contributed by atoms with Gasteiger partial charge >= 0.3 is 0 Å². The predicted octanol–water partition coefficient (Wildman–Crippen LogP) is 4.25. The van der Waals surface area contributed by atoms with Crippen LogP contribution in [-0.4, -0.2) is 98.2 Å². The highest BCUT2D eigenvalue weighted by atomic mass is 16.5. The summed E-state index contributed by atoms with van der Waals surface area (Å²) < 4.78 is 37.1. The van der Waals surface area contributed by atoms with E-state index < -0.39 is 0 Å². The molecule has 0 spiro atoms. The van der Waals surface area contributed by atoms with Crippen LogP contribution in [0.25, 0.3) is 22.5 Å². The number of methoxy groups -OCH3 is 6. The molecule has 0 aliphatic carbocycles. The molecule has 0 N–H and O–H groups in total. The van der Waals surface area contributed by atoms with Crippen molar-refractivity contribution < 1.29 is 28.4 Å². The standard InChI is InChI=1S/C33H44N6O6/c1-36-26(22-14-28(40-3)32(44-7)29(15-22)41-4)18-24(34-36)20-38-10-9-11-39(13-12-38)21-25-19-27(37(2)35-25)23-16-30(42-5)33(45-8)31(17-23)43-6/h14-19H,9-13,20-21H2,1-8H3. The van der Waals surface area contributed by atoms with Gasteiger partial charge in [0.1, 0.15) is 0 Å². The quantitative estimate of drug-likeness (QED) is 0.229. The van der Waals surface area contributed by atoms with Gasteiger partial charge < -0.3 is 28.4 Å². The highest BCUT2D eigenvalue weighted by Gasteiger charge is 2.21. The largest absolute Gasteiger partial charge is 0.493 e. The fourth-order valence-electron chi connectivity index (χ4n) is 6.00. The van der Waals surface area contributed by atoms with E-state index in [9.17, 15) is 0 Å².